The number of halogens is 1. The van der Waals surface area contributed by atoms with E-state index in [2.05, 4.69) is 10.3 Å². The van der Waals surface area contributed by atoms with Crippen molar-refractivity contribution in [2.24, 2.45) is 7.05 Å². The van der Waals surface area contributed by atoms with Crippen LogP contribution in [0.4, 0.5) is 0 Å². The molecule has 1 heterocycles. The summed E-state index contributed by atoms with van der Waals surface area (Å²) in [5, 5.41) is 4.07. The molecule has 1 atom stereocenters. The summed E-state index contributed by atoms with van der Waals surface area (Å²) < 4.78 is 14.3. The Labute approximate surface area is 155 Å². The molecule has 1 fully saturated rings. The zero-order valence-electron chi connectivity index (χ0n) is 14.2. The summed E-state index contributed by atoms with van der Waals surface area (Å²) in [4.78, 5) is 16.4. The predicted molar refractivity (Wildman–Crippen MR) is 99.9 cm³/mol. The smallest absolute Gasteiger partial charge is 0.233 e. The molecule has 0 radical (unpaired) electrons. The van der Waals surface area contributed by atoms with Gasteiger partial charge in [-0.1, -0.05) is 43.0 Å². The summed E-state index contributed by atoms with van der Waals surface area (Å²) >= 11 is 5.92. The molecule has 3 rings (SSSR count). The van der Waals surface area contributed by atoms with Crippen molar-refractivity contribution >= 4 is 28.3 Å². The highest BCUT2D eigenvalue weighted by Gasteiger charge is 2.20. The standard InChI is InChI=1S/C18H22ClN3O2S/c1-22-16(13-7-9-14(19)10-8-13)11-20-18(22)25(24)12-17(23)21-15-5-3-2-4-6-15/h7-11,15H,2-6,12H2,1H3,(H,21,23). The van der Waals surface area contributed by atoms with Crippen LogP contribution in [0.25, 0.3) is 11.3 Å². The van der Waals surface area contributed by atoms with Crippen molar-refractivity contribution in [3.63, 3.8) is 0 Å². The van der Waals surface area contributed by atoms with E-state index in [0.29, 0.717) is 10.2 Å². The van der Waals surface area contributed by atoms with Crippen LogP contribution in [0.15, 0.2) is 35.6 Å². The van der Waals surface area contributed by atoms with Gasteiger partial charge in [0.1, 0.15) is 5.75 Å². The average molecular weight is 380 g/mol. The van der Waals surface area contributed by atoms with Crippen LogP contribution < -0.4 is 5.32 Å². The largest absolute Gasteiger partial charge is 0.353 e. The number of imidazole rings is 1. The number of aromatic nitrogens is 2. The van der Waals surface area contributed by atoms with Gasteiger partial charge in [0.15, 0.2) is 5.16 Å². The molecule has 1 aromatic carbocycles. The highest BCUT2D eigenvalue weighted by atomic mass is 35.5. The second-order valence-corrected chi connectivity index (χ2v) is 8.17. The van der Waals surface area contributed by atoms with Crippen molar-refractivity contribution < 1.29 is 9.00 Å². The van der Waals surface area contributed by atoms with Gasteiger partial charge in [-0.2, -0.15) is 0 Å². The summed E-state index contributed by atoms with van der Waals surface area (Å²) in [6.45, 7) is 0. The van der Waals surface area contributed by atoms with Crippen molar-refractivity contribution in [3.8, 4) is 11.3 Å². The maximum absolute atomic E-state index is 12.6. The van der Waals surface area contributed by atoms with Crippen molar-refractivity contribution in [1.82, 2.24) is 14.9 Å². The van der Waals surface area contributed by atoms with Crippen molar-refractivity contribution in [2.75, 3.05) is 5.75 Å². The normalized spacial score (nSPS) is 16.6. The molecule has 134 valence electrons. The summed E-state index contributed by atoms with van der Waals surface area (Å²) in [7, 11) is 0.336. The van der Waals surface area contributed by atoms with Crippen LogP contribution in [0, 0.1) is 0 Å². The van der Waals surface area contributed by atoms with E-state index in [0.717, 1.165) is 36.9 Å². The van der Waals surface area contributed by atoms with Crippen LogP contribution >= 0.6 is 11.6 Å². The number of rotatable bonds is 5. The van der Waals surface area contributed by atoms with Gasteiger partial charge in [-0.15, -0.1) is 0 Å². The van der Waals surface area contributed by atoms with Crippen LogP contribution in [0.2, 0.25) is 5.02 Å². The fourth-order valence-corrected chi connectivity index (χ4v) is 4.34. The van der Waals surface area contributed by atoms with Crippen molar-refractivity contribution in [2.45, 2.75) is 43.3 Å². The number of hydrogen-bond donors (Lipinski definition) is 1. The third-order valence-corrected chi connectivity index (χ3v) is 6.08. The molecule has 1 N–H and O–H groups in total. The Morgan fingerprint density at radius 1 is 1.28 bits per heavy atom. The van der Waals surface area contributed by atoms with Crippen LogP contribution in [0.3, 0.4) is 0 Å². The minimum Gasteiger partial charge on any atom is -0.353 e. The number of nitrogens with zero attached hydrogens (tertiary/aromatic N) is 2. The zero-order valence-corrected chi connectivity index (χ0v) is 15.8. The molecule has 1 aliphatic carbocycles. The lowest BCUT2D eigenvalue weighted by atomic mass is 9.95. The van der Waals surface area contributed by atoms with Gasteiger partial charge in [0, 0.05) is 18.1 Å². The number of carbonyl (C=O) groups excluding carboxylic acids is 1. The first-order valence-electron chi connectivity index (χ1n) is 8.50. The van der Waals surface area contributed by atoms with Crippen LogP contribution in [-0.4, -0.2) is 31.5 Å². The van der Waals surface area contributed by atoms with Gasteiger partial charge in [-0.25, -0.2) is 4.98 Å². The molecule has 0 saturated heterocycles. The summed E-state index contributed by atoms with van der Waals surface area (Å²) in [5.74, 6) is -0.220. The van der Waals surface area contributed by atoms with E-state index >= 15 is 0 Å². The minimum atomic E-state index is -1.47. The molecule has 0 bridgehead atoms. The SMILES string of the molecule is Cn1c(-c2ccc(Cl)cc2)cnc1S(=O)CC(=O)NC1CCCCC1. The Balaban J connectivity index is 1.66. The van der Waals surface area contributed by atoms with E-state index in [1.54, 1.807) is 22.9 Å². The van der Waals surface area contributed by atoms with Crippen LogP contribution in [-0.2, 0) is 22.6 Å². The second-order valence-electron chi connectivity index (χ2n) is 6.38. The maximum Gasteiger partial charge on any atom is 0.233 e. The predicted octanol–water partition coefficient (Wildman–Crippen LogP) is 3.30. The number of nitrogens with one attached hydrogen (secondary N) is 1. The second kappa shape index (κ2) is 8.15. The minimum absolute atomic E-state index is 0.0542. The third kappa shape index (κ3) is 4.50. The topological polar surface area (TPSA) is 64.0 Å². The van der Waals surface area contributed by atoms with E-state index in [4.69, 9.17) is 11.6 Å². The van der Waals surface area contributed by atoms with Gasteiger partial charge in [0.05, 0.1) is 22.7 Å². The Morgan fingerprint density at radius 2 is 1.96 bits per heavy atom. The molecule has 1 unspecified atom stereocenters. The Morgan fingerprint density at radius 3 is 2.64 bits per heavy atom. The van der Waals surface area contributed by atoms with Gasteiger partial charge < -0.3 is 9.88 Å². The monoisotopic (exact) mass is 379 g/mol. The third-order valence-electron chi connectivity index (χ3n) is 4.52. The first kappa shape index (κ1) is 18.1. The molecule has 1 saturated carbocycles. The maximum atomic E-state index is 12.6. The van der Waals surface area contributed by atoms with Gasteiger partial charge in [0.2, 0.25) is 5.91 Å². The van der Waals surface area contributed by atoms with E-state index in [1.807, 2.05) is 19.2 Å². The highest BCUT2D eigenvalue weighted by molar-refractivity contribution is 7.85. The number of amides is 1. The molecule has 1 amide bonds. The summed E-state index contributed by atoms with van der Waals surface area (Å²) in [6.07, 6.45) is 7.24. The Bertz CT molecular complexity index is 767. The van der Waals surface area contributed by atoms with E-state index < -0.39 is 10.8 Å². The van der Waals surface area contributed by atoms with E-state index in [9.17, 15) is 9.00 Å². The number of benzene rings is 1. The van der Waals surface area contributed by atoms with E-state index in [1.165, 1.54) is 6.42 Å². The molecule has 2 aromatic rings. The molecule has 0 aliphatic heterocycles. The van der Waals surface area contributed by atoms with Gasteiger partial charge in [0.25, 0.3) is 0 Å². The molecule has 1 aliphatic rings. The molecule has 5 nitrogen and oxygen atoms in total. The molecule has 0 spiro atoms. The van der Waals surface area contributed by atoms with Gasteiger partial charge in [-0.05, 0) is 30.5 Å². The lowest BCUT2D eigenvalue weighted by Crippen LogP contribution is -2.38. The molecule has 25 heavy (non-hydrogen) atoms. The number of carbonyl (C=O) groups is 1. The Kier molecular flexibility index (Phi) is 5.91. The zero-order chi connectivity index (χ0) is 17.8. The van der Waals surface area contributed by atoms with Crippen LogP contribution in [0.5, 0.6) is 0 Å². The van der Waals surface area contributed by atoms with Crippen molar-refractivity contribution in [1.29, 1.82) is 0 Å². The fraction of sp³-hybridized carbons (Fsp3) is 0.444. The van der Waals surface area contributed by atoms with Crippen LogP contribution in [0.1, 0.15) is 32.1 Å². The molecular weight excluding hydrogens is 358 g/mol. The molecule has 1 aromatic heterocycles. The molecular formula is C18H22ClN3O2S. The first-order valence-corrected chi connectivity index (χ1v) is 10.2. The Hall–Kier alpha value is -1.66. The molecule has 7 heteroatoms. The quantitative estimate of drug-likeness (QED) is 0.866. The number of hydrogen-bond acceptors (Lipinski definition) is 3. The lowest BCUT2D eigenvalue weighted by Gasteiger charge is -2.22. The fourth-order valence-electron chi connectivity index (χ4n) is 3.19. The summed E-state index contributed by atoms with van der Waals surface area (Å²) in [6, 6.07) is 7.61. The lowest BCUT2D eigenvalue weighted by molar-refractivity contribution is -0.119. The van der Waals surface area contributed by atoms with Gasteiger partial charge in [-0.3, -0.25) is 9.00 Å². The summed E-state index contributed by atoms with van der Waals surface area (Å²) in [5.41, 5.74) is 1.78. The van der Waals surface area contributed by atoms with E-state index in [-0.39, 0.29) is 17.7 Å². The highest BCUT2D eigenvalue weighted by Crippen LogP contribution is 2.23. The average Bonchev–Trinajstić information content (AvgIpc) is 2.98. The first-order chi connectivity index (χ1) is 12.0. The van der Waals surface area contributed by atoms with Crippen molar-refractivity contribution in [3.05, 3.63) is 35.5 Å². The van der Waals surface area contributed by atoms with Gasteiger partial charge >= 0.3 is 0 Å².